The maximum absolute atomic E-state index is 12.2. The first-order chi connectivity index (χ1) is 13.5. The van der Waals surface area contributed by atoms with Crippen molar-refractivity contribution in [2.75, 3.05) is 25.5 Å². The molecule has 0 aliphatic heterocycles. The zero-order chi connectivity index (χ0) is 20.4. The minimum atomic E-state index is -0.830. The highest BCUT2D eigenvalue weighted by Crippen LogP contribution is 2.12. The minimum absolute atomic E-state index is 0.0986. The molecule has 0 radical (unpaired) electrons. The van der Waals surface area contributed by atoms with Gasteiger partial charge in [0.05, 0.1) is 6.42 Å². The third-order valence-corrected chi connectivity index (χ3v) is 4.16. The Labute approximate surface area is 164 Å². The molecule has 0 unspecified atom stereocenters. The van der Waals surface area contributed by atoms with Crippen LogP contribution in [0.4, 0.5) is 10.5 Å². The Morgan fingerprint density at radius 1 is 0.821 bits per heavy atom. The first-order valence-corrected chi connectivity index (χ1v) is 8.95. The molecule has 0 aromatic heterocycles. The van der Waals surface area contributed by atoms with Crippen molar-refractivity contribution in [3.05, 3.63) is 66.2 Å². The number of hydrogen-bond acceptors (Lipinski definition) is 5. The normalized spacial score (nSPS) is 10.1. The third-order valence-electron chi connectivity index (χ3n) is 4.16. The van der Waals surface area contributed by atoms with Gasteiger partial charge in [-0.3, -0.25) is 4.79 Å². The van der Waals surface area contributed by atoms with Crippen LogP contribution in [0.1, 0.15) is 18.4 Å². The highest BCUT2D eigenvalue weighted by atomic mass is 17.2. The Morgan fingerprint density at radius 3 is 2.07 bits per heavy atom. The quantitative estimate of drug-likeness (QED) is 0.541. The molecule has 0 saturated heterocycles. The molecule has 0 atom stereocenters. The number of para-hydroxylation sites is 1. The van der Waals surface area contributed by atoms with Crippen LogP contribution in [0.15, 0.2) is 60.7 Å². The number of anilines is 1. The van der Waals surface area contributed by atoms with Gasteiger partial charge in [0.15, 0.2) is 0 Å². The monoisotopic (exact) mass is 384 g/mol. The standard InChI is InChI=1S/C21H24N2O5/c1-22(16-15-19(24)23(2)18-11-7-4-8-12-18)21(26)28-27-20(25)14-13-17-9-5-3-6-10-17/h3-12H,13-16H2,1-2H3. The zero-order valence-corrected chi connectivity index (χ0v) is 16.0. The lowest BCUT2D eigenvalue weighted by Gasteiger charge is -2.19. The number of nitrogens with zero attached hydrogens (tertiary/aromatic N) is 2. The third kappa shape index (κ3) is 6.75. The highest BCUT2D eigenvalue weighted by Gasteiger charge is 2.17. The summed E-state index contributed by atoms with van der Waals surface area (Å²) in [7, 11) is 3.14. The van der Waals surface area contributed by atoms with Gasteiger partial charge in [-0.05, 0) is 24.1 Å². The number of aryl methyl sites for hydroxylation is 1. The fourth-order valence-electron chi connectivity index (χ4n) is 2.40. The van der Waals surface area contributed by atoms with Gasteiger partial charge in [0.25, 0.3) is 0 Å². The maximum atomic E-state index is 12.2. The van der Waals surface area contributed by atoms with Crippen LogP contribution in [0.2, 0.25) is 0 Å². The van der Waals surface area contributed by atoms with E-state index in [4.69, 9.17) is 0 Å². The maximum Gasteiger partial charge on any atom is 0.452 e. The van der Waals surface area contributed by atoms with E-state index in [1.165, 1.54) is 16.8 Å². The molecule has 2 amide bonds. The van der Waals surface area contributed by atoms with Gasteiger partial charge in [0.2, 0.25) is 5.91 Å². The molecular weight excluding hydrogens is 360 g/mol. The van der Waals surface area contributed by atoms with Gasteiger partial charge in [-0.25, -0.2) is 19.4 Å². The van der Waals surface area contributed by atoms with Crippen LogP contribution < -0.4 is 4.90 Å². The van der Waals surface area contributed by atoms with Gasteiger partial charge in [-0.1, -0.05) is 48.5 Å². The van der Waals surface area contributed by atoms with Crippen molar-refractivity contribution >= 4 is 23.7 Å². The Balaban J connectivity index is 1.67. The molecule has 0 fully saturated rings. The number of benzene rings is 2. The van der Waals surface area contributed by atoms with Gasteiger partial charge in [0, 0.05) is 32.7 Å². The average molecular weight is 384 g/mol. The molecule has 0 heterocycles. The second kappa shape index (κ2) is 10.7. The molecular formula is C21H24N2O5. The molecule has 0 bridgehead atoms. The van der Waals surface area contributed by atoms with Crippen LogP contribution in [0.25, 0.3) is 0 Å². The van der Waals surface area contributed by atoms with Crippen LogP contribution in [0.5, 0.6) is 0 Å². The van der Waals surface area contributed by atoms with Gasteiger partial charge in [-0.2, -0.15) is 0 Å². The van der Waals surface area contributed by atoms with Crippen molar-refractivity contribution in [3.8, 4) is 0 Å². The molecule has 7 nitrogen and oxygen atoms in total. The lowest BCUT2D eigenvalue weighted by atomic mass is 10.1. The molecule has 2 aromatic rings. The van der Waals surface area contributed by atoms with Crippen LogP contribution in [-0.2, 0) is 25.8 Å². The van der Waals surface area contributed by atoms with Gasteiger partial charge in [-0.15, -0.1) is 0 Å². The van der Waals surface area contributed by atoms with Crippen LogP contribution in [0.3, 0.4) is 0 Å². The molecule has 0 aliphatic rings. The molecule has 0 saturated carbocycles. The largest absolute Gasteiger partial charge is 0.452 e. The summed E-state index contributed by atoms with van der Waals surface area (Å²) in [6, 6.07) is 18.7. The lowest BCUT2D eigenvalue weighted by Crippen LogP contribution is -2.34. The van der Waals surface area contributed by atoms with Crippen molar-refractivity contribution in [1.82, 2.24) is 4.90 Å². The fraction of sp³-hybridized carbons (Fsp3) is 0.286. The zero-order valence-electron chi connectivity index (χ0n) is 16.0. The van der Waals surface area contributed by atoms with Gasteiger partial charge >= 0.3 is 12.1 Å². The Bertz CT molecular complexity index is 780. The summed E-state index contributed by atoms with van der Waals surface area (Å²) in [6.07, 6.45) is -0.128. The smallest absolute Gasteiger partial charge is 0.315 e. The summed E-state index contributed by atoms with van der Waals surface area (Å²) >= 11 is 0. The topological polar surface area (TPSA) is 76.2 Å². The predicted molar refractivity (Wildman–Crippen MR) is 104 cm³/mol. The number of rotatable bonds is 7. The van der Waals surface area contributed by atoms with E-state index in [2.05, 4.69) is 9.78 Å². The summed E-state index contributed by atoms with van der Waals surface area (Å²) in [5, 5.41) is 0. The van der Waals surface area contributed by atoms with Crippen molar-refractivity contribution in [1.29, 1.82) is 0 Å². The molecule has 0 spiro atoms. The number of hydrogen-bond donors (Lipinski definition) is 0. The molecule has 28 heavy (non-hydrogen) atoms. The van der Waals surface area contributed by atoms with Gasteiger partial charge in [0.1, 0.15) is 0 Å². The lowest BCUT2D eigenvalue weighted by molar-refractivity contribution is -0.236. The van der Waals surface area contributed by atoms with Crippen LogP contribution in [-0.4, -0.2) is 43.5 Å². The Morgan fingerprint density at radius 2 is 1.43 bits per heavy atom. The van der Waals surface area contributed by atoms with E-state index in [0.717, 1.165) is 11.3 Å². The van der Waals surface area contributed by atoms with E-state index in [-0.39, 0.29) is 25.3 Å². The highest BCUT2D eigenvalue weighted by molar-refractivity contribution is 5.93. The Kier molecular flexibility index (Phi) is 8.02. The summed E-state index contributed by atoms with van der Waals surface area (Å²) < 4.78 is 0. The Hall–Kier alpha value is -3.35. The van der Waals surface area contributed by atoms with E-state index in [1.807, 2.05) is 60.7 Å². The van der Waals surface area contributed by atoms with Crippen molar-refractivity contribution in [2.45, 2.75) is 19.3 Å². The summed E-state index contributed by atoms with van der Waals surface area (Å²) in [5.41, 5.74) is 1.76. The summed E-state index contributed by atoms with van der Waals surface area (Å²) in [4.78, 5) is 47.6. The molecule has 0 aliphatic carbocycles. The van der Waals surface area contributed by atoms with E-state index < -0.39 is 12.1 Å². The van der Waals surface area contributed by atoms with E-state index in [9.17, 15) is 14.4 Å². The van der Waals surface area contributed by atoms with E-state index in [0.29, 0.717) is 6.42 Å². The summed E-state index contributed by atoms with van der Waals surface area (Å²) in [6.45, 7) is 0.135. The second-order valence-electron chi connectivity index (χ2n) is 6.25. The predicted octanol–water partition coefficient (Wildman–Crippen LogP) is 3.20. The first-order valence-electron chi connectivity index (χ1n) is 8.95. The molecule has 2 aromatic carbocycles. The first kappa shape index (κ1) is 21.0. The summed E-state index contributed by atoms with van der Waals surface area (Å²) in [5.74, 6) is -0.781. The SMILES string of the molecule is CN(CCC(=O)N(C)c1ccccc1)C(=O)OOC(=O)CCc1ccccc1. The number of amides is 2. The van der Waals surface area contributed by atoms with Crippen LogP contribution in [0, 0.1) is 0 Å². The van der Waals surface area contributed by atoms with Crippen molar-refractivity contribution in [3.63, 3.8) is 0 Å². The van der Waals surface area contributed by atoms with Crippen LogP contribution >= 0.6 is 0 Å². The second-order valence-corrected chi connectivity index (χ2v) is 6.25. The van der Waals surface area contributed by atoms with Gasteiger partial charge < -0.3 is 9.80 Å². The number of carbonyl (C=O) groups excluding carboxylic acids is 3. The van der Waals surface area contributed by atoms with E-state index >= 15 is 0 Å². The number of carbonyl (C=O) groups is 3. The van der Waals surface area contributed by atoms with Crippen molar-refractivity contribution in [2.24, 2.45) is 0 Å². The molecule has 7 heteroatoms. The fourth-order valence-corrected chi connectivity index (χ4v) is 2.40. The molecule has 2 rings (SSSR count). The minimum Gasteiger partial charge on any atom is -0.315 e. The van der Waals surface area contributed by atoms with E-state index in [1.54, 1.807) is 7.05 Å². The molecule has 148 valence electrons. The molecule has 0 N–H and O–H groups in total. The van der Waals surface area contributed by atoms with Crippen molar-refractivity contribution < 1.29 is 24.2 Å². The average Bonchev–Trinajstić information content (AvgIpc) is 2.74.